The summed E-state index contributed by atoms with van der Waals surface area (Å²) >= 11 is 0. The van der Waals surface area contributed by atoms with Crippen molar-refractivity contribution >= 4 is 5.97 Å². The molecule has 0 aromatic heterocycles. The number of rotatable bonds is 4. The predicted molar refractivity (Wildman–Crippen MR) is 59.7 cm³/mol. The Morgan fingerprint density at radius 1 is 1.56 bits per heavy atom. The minimum absolute atomic E-state index is 0.00831. The number of esters is 1. The minimum atomic E-state index is -3.87. The molecule has 1 aromatic rings. The van der Waals surface area contributed by atoms with Gasteiger partial charge in [0.15, 0.2) is 0 Å². The fraction of sp³-hybridized carbons (Fsp3) is 0.333. The maximum atomic E-state index is 13.7. The van der Waals surface area contributed by atoms with Crippen LogP contribution in [0.15, 0.2) is 24.3 Å². The fourth-order valence-corrected chi connectivity index (χ4v) is 1.42. The smallest absolute Gasteiger partial charge is 0.379 e. The van der Waals surface area contributed by atoms with Gasteiger partial charge in [-0.3, -0.25) is 0 Å². The highest BCUT2D eigenvalue weighted by molar-refractivity contribution is 5.79. The topological polar surface area (TPSA) is 76.1 Å². The molecule has 18 heavy (non-hydrogen) atoms. The zero-order valence-corrected chi connectivity index (χ0v) is 9.69. The van der Waals surface area contributed by atoms with E-state index in [1.807, 2.05) is 0 Å². The van der Waals surface area contributed by atoms with E-state index in [9.17, 15) is 13.6 Å². The number of ether oxygens (including phenoxy) is 1. The molecule has 0 aliphatic rings. The Labute approximate surface area is 103 Å². The number of nitrogens with zero attached hydrogens (tertiary/aromatic N) is 1. The summed E-state index contributed by atoms with van der Waals surface area (Å²) in [6, 6.07) is 5.48. The van der Waals surface area contributed by atoms with Crippen LogP contribution in [0.4, 0.5) is 8.78 Å². The van der Waals surface area contributed by atoms with Gasteiger partial charge in [0.2, 0.25) is 0 Å². The number of nitriles is 1. The van der Waals surface area contributed by atoms with Crippen molar-refractivity contribution in [3.8, 4) is 6.07 Å². The summed E-state index contributed by atoms with van der Waals surface area (Å²) in [6.45, 7) is 1.25. The molecule has 0 spiro atoms. The van der Waals surface area contributed by atoms with E-state index < -0.39 is 17.9 Å². The molecular weight excluding hydrogens is 242 g/mol. The molecule has 0 saturated carbocycles. The second-order valence-electron chi connectivity index (χ2n) is 3.52. The first-order valence-corrected chi connectivity index (χ1v) is 5.24. The van der Waals surface area contributed by atoms with E-state index in [-0.39, 0.29) is 17.7 Å². The van der Waals surface area contributed by atoms with Gasteiger partial charge in [0.05, 0.1) is 18.2 Å². The Hall–Kier alpha value is -2.00. The van der Waals surface area contributed by atoms with E-state index in [4.69, 9.17) is 11.0 Å². The van der Waals surface area contributed by atoms with Gasteiger partial charge in [0, 0.05) is 0 Å². The van der Waals surface area contributed by atoms with Crippen LogP contribution in [0.2, 0.25) is 0 Å². The third-order valence-corrected chi connectivity index (χ3v) is 2.35. The van der Waals surface area contributed by atoms with Gasteiger partial charge in [0.1, 0.15) is 6.04 Å². The lowest BCUT2D eigenvalue weighted by Crippen LogP contribution is -2.42. The molecule has 0 bridgehead atoms. The van der Waals surface area contributed by atoms with Gasteiger partial charge in [-0.1, -0.05) is 18.2 Å². The highest BCUT2D eigenvalue weighted by atomic mass is 19.3. The minimum Gasteiger partial charge on any atom is -0.462 e. The zero-order valence-electron chi connectivity index (χ0n) is 9.69. The molecular formula is C12H12F2N2O2. The lowest BCUT2D eigenvalue weighted by atomic mass is 9.97. The van der Waals surface area contributed by atoms with E-state index in [1.54, 1.807) is 6.07 Å². The second kappa shape index (κ2) is 5.56. The molecule has 4 nitrogen and oxygen atoms in total. The molecule has 1 atom stereocenters. The molecule has 0 fully saturated rings. The molecule has 0 amide bonds. The lowest BCUT2D eigenvalue weighted by Gasteiger charge is -2.22. The van der Waals surface area contributed by atoms with Crippen molar-refractivity contribution in [3.05, 3.63) is 35.4 Å². The van der Waals surface area contributed by atoms with Crippen LogP contribution in [0.5, 0.6) is 0 Å². The van der Waals surface area contributed by atoms with E-state index >= 15 is 0 Å². The number of halogens is 2. The number of carbonyl (C=O) groups is 1. The molecule has 1 aromatic carbocycles. The molecule has 0 saturated heterocycles. The van der Waals surface area contributed by atoms with Crippen LogP contribution in [-0.4, -0.2) is 18.5 Å². The third kappa shape index (κ3) is 2.63. The molecule has 0 aliphatic carbocycles. The molecule has 0 aliphatic heterocycles. The lowest BCUT2D eigenvalue weighted by molar-refractivity contribution is -0.174. The van der Waals surface area contributed by atoms with Crippen molar-refractivity contribution in [1.29, 1.82) is 5.26 Å². The number of alkyl halides is 2. The number of nitrogens with two attached hydrogens (primary N) is 1. The molecule has 1 rings (SSSR count). The normalized spacial score (nSPS) is 12.6. The Morgan fingerprint density at radius 2 is 2.17 bits per heavy atom. The molecule has 0 unspecified atom stereocenters. The Morgan fingerprint density at radius 3 is 2.72 bits per heavy atom. The van der Waals surface area contributed by atoms with Gasteiger partial charge in [-0.05, 0) is 18.6 Å². The number of carbonyl (C=O) groups excluding carboxylic acids is 1. The van der Waals surface area contributed by atoms with Crippen molar-refractivity contribution in [2.45, 2.75) is 18.9 Å². The summed E-state index contributed by atoms with van der Waals surface area (Å²) in [5.41, 5.74) is 5.30. The van der Waals surface area contributed by atoms with Crippen LogP contribution in [0.1, 0.15) is 24.1 Å². The van der Waals surface area contributed by atoms with Crippen LogP contribution in [0.3, 0.4) is 0 Å². The van der Waals surface area contributed by atoms with Crippen LogP contribution < -0.4 is 5.73 Å². The molecule has 0 heterocycles. The average molecular weight is 254 g/mol. The Balaban J connectivity index is 3.10. The number of benzene rings is 1. The Kier molecular flexibility index (Phi) is 4.34. The van der Waals surface area contributed by atoms with Crippen molar-refractivity contribution in [2.75, 3.05) is 6.61 Å². The summed E-state index contributed by atoms with van der Waals surface area (Å²) < 4.78 is 31.7. The number of hydrogen-bond donors (Lipinski definition) is 1. The first kappa shape index (κ1) is 14.1. The molecule has 2 N–H and O–H groups in total. The van der Waals surface area contributed by atoms with Gasteiger partial charge < -0.3 is 10.5 Å². The highest BCUT2D eigenvalue weighted by Crippen LogP contribution is 2.32. The third-order valence-electron chi connectivity index (χ3n) is 2.35. The average Bonchev–Trinajstić information content (AvgIpc) is 2.38. The van der Waals surface area contributed by atoms with Crippen molar-refractivity contribution in [3.63, 3.8) is 0 Å². The summed E-state index contributed by atoms with van der Waals surface area (Å²) in [6.07, 6.45) is 0. The van der Waals surface area contributed by atoms with E-state index in [0.29, 0.717) is 0 Å². The van der Waals surface area contributed by atoms with Crippen molar-refractivity contribution in [1.82, 2.24) is 0 Å². The van der Waals surface area contributed by atoms with Gasteiger partial charge >= 0.3 is 11.9 Å². The molecule has 96 valence electrons. The first-order valence-electron chi connectivity index (χ1n) is 5.24. The van der Waals surface area contributed by atoms with E-state index in [1.165, 1.54) is 31.2 Å². The number of hydrogen-bond acceptors (Lipinski definition) is 4. The fourth-order valence-electron chi connectivity index (χ4n) is 1.42. The van der Waals surface area contributed by atoms with Gasteiger partial charge in [0.25, 0.3) is 0 Å². The van der Waals surface area contributed by atoms with Crippen LogP contribution >= 0.6 is 0 Å². The maximum absolute atomic E-state index is 13.7. The first-order chi connectivity index (χ1) is 8.45. The summed E-state index contributed by atoms with van der Waals surface area (Å²) in [4.78, 5) is 11.1. The second-order valence-corrected chi connectivity index (χ2v) is 3.52. The van der Waals surface area contributed by atoms with Crippen molar-refractivity contribution < 1.29 is 18.3 Å². The van der Waals surface area contributed by atoms with Gasteiger partial charge in [-0.25, -0.2) is 4.79 Å². The zero-order chi connectivity index (χ0) is 13.8. The van der Waals surface area contributed by atoms with Gasteiger partial charge in [-0.15, -0.1) is 0 Å². The van der Waals surface area contributed by atoms with Crippen LogP contribution in [-0.2, 0) is 9.53 Å². The highest BCUT2D eigenvalue weighted by Gasteiger charge is 2.48. The van der Waals surface area contributed by atoms with E-state index in [2.05, 4.69) is 4.74 Å². The summed E-state index contributed by atoms with van der Waals surface area (Å²) in [7, 11) is 0. The maximum Gasteiger partial charge on any atom is 0.379 e. The van der Waals surface area contributed by atoms with E-state index in [0.717, 1.165) is 0 Å². The SMILES string of the molecule is CCOC(=O)C(F)(F)[C@H](N)c1ccccc1C#N. The van der Waals surface area contributed by atoms with Crippen LogP contribution in [0, 0.1) is 11.3 Å². The summed E-state index contributed by atoms with van der Waals surface area (Å²) in [5.74, 6) is -5.56. The van der Waals surface area contributed by atoms with Crippen LogP contribution in [0.25, 0.3) is 0 Å². The monoisotopic (exact) mass is 254 g/mol. The largest absolute Gasteiger partial charge is 0.462 e. The van der Waals surface area contributed by atoms with Gasteiger partial charge in [-0.2, -0.15) is 14.0 Å². The predicted octanol–water partition coefficient (Wildman–Crippen LogP) is 1.76. The summed E-state index contributed by atoms with van der Waals surface area (Å²) in [5, 5.41) is 8.81. The Bertz CT molecular complexity index is 483. The van der Waals surface area contributed by atoms with Crippen molar-refractivity contribution in [2.24, 2.45) is 5.73 Å². The standard InChI is InChI=1S/C12H12F2N2O2/c1-2-18-11(17)12(13,14)10(16)9-6-4-3-5-8(9)7-15/h3-6,10H,2,16H2,1H3/t10-/m1/s1. The quantitative estimate of drug-likeness (QED) is 0.830. The molecule has 6 heteroatoms. The molecule has 0 radical (unpaired) electrons.